The summed E-state index contributed by atoms with van der Waals surface area (Å²) in [5, 5.41) is 3.45. The van der Waals surface area contributed by atoms with Gasteiger partial charge in [0.1, 0.15) is 11.6 Å². The molecule has 1 aromatic carbocycles. The van der Waals surface area contributed by atoms with Crippen LogP contribution in [0.3, 0.4) is 0 Å². The summed E-state index contributed by atoms with van der Waals surface area (Å²) < 4.78 is 5.82. The molecule has 3 rings (SSSR count). The summed E-state index contributed by atoms with van der Waals surface area (Å²) in [7, 11) is 4.16. The molecule has 0 saturated carbocycles. The predicted octanol–water partition coefficient (Wildman–Crippen LogP) is 3.32. The van der Waals surface area contributed by atoms with Crippen LogP contribution in [0.25, 0.3) is 0 Å². The van der Waals surface area contributed by atoms with Crippen molar-refractivity contribution in [2.45, 2.75) is 19.9 Å². The van der Waals surface area contributed by atoms with Crippen molar-refractivity contribution in [3.63, 3.8) is 0 Å². The number of rotatable bonds is 9. The maximum Gasteiger partial charge on any atom is 0.194 e. The molecule has 0 unspecified atom stereocenters. The van der Waals surface area contributed by atoms with Crippen molar-refractivity contribution in [1.29, 1.82) is 0 Å². The molecule has 0 bridgehead atoms. The second-order valence-corrected chi connectivity index (χ2v) is 7.98. The normalized spacial score (nSPS) is 14.3. The molecule has 32 heavy (non-hydrogen) atoms. The van der Waals surface area contributed by atoms with Gasteiger partial charge in [-0.15, -0.1) is 24.0 Å². The van der Waals surface area contributed by atoms with Gasteiger partial charge in [0, 0.05) is 45.5 Å². The van der Waals surface area contributed by atoms with Gasteiger partial charge in [0.25, 0.3) is 0 Å². The lowest BCUT2D eigenvalue weighted by Gasteiger charge is -2.37. The first-order valence-corrected chi connectivity index (χ1v) is 11.2. The molecule has 1 N–H and O–H groups in total. The molecule has 0 radical (unpaired) electrons. The van der Waals surface area contributed by atoms with Crippen LogP contribution in [0.5, 0.6) is 5.75 Å². The number of benzene rings is 1. The molecule has 2 heterocycles. The Bertz CT molecular complexity index is 792. The van der Waals surface area contributed by atoms with Crippen molar-refractivity contribution in [3.8, 4) is 5.75 Å². The fourth-order valence-corrected chi connectivity index (χ4v) is 3.54. The Balaban J connectivity index is 0.00000363. The topological polar surface area (TPSA) is 56.2 Å². The summed E-state index contributed by atoms with van der Waals surface area (Å²) in [5.41, 5.74) is 1.18. The zero-order valence-electron chi connectivity index (χ0n) is 19.5. The Labute approximate surface area is 209 Å². The van der Waals surface area contributed by atoms with Gasteiger partial charge in [0.2, 0.25) is 0 Å². The van der Waals surface area contributed by atoms with Crippen LogP contribution in [0.1, 0.15) is 18.9 Å². The van der Waals surface area contributed by atoms with E-state index in [1.54, 1.807) is 0 Å². The summed E-state index contributed by atoms with van der Waals surface area (Å²) in [6, 6.07) is 14.4. The largest absolute Gasteiger partial charge is 0.494 e. The fourth-order valence-electron chi connectivity index (χ4n) is 3.54. The molecule has 7 nitrogen and oxygen atoms in total. The maximum atomic E-state index is 5.82. The third kappa shape index (κ3) is 8.46. The van der Waals surface area contributed by atoms with E-state index in [1.807, 2.05) is 30.5 Å². The number of pyridine rings is 1. The van der Waals surface area contributed by atoms with Crippen molar-refractivity contribution in [1.82, 2.24) is 20.1 Å². The Morgan fingerprint density at radius 3 is 2.47 bits per heavy atom. The number of nitrogens with zero attached hydrogens (tertiary/aromatic N) is 5. The van der Waals surface area contributed by atoms with Gasteiger partial charge in [0.15, 0.2) is 5.96 Å². The highest BCUT2D eigenvalue weighted by Crippen LogP contribution is 2.15. The second-order valence-electron chi connectivity index (χ2n) is 7.98. The average Bonchev–Trinajstić information content (AvgIpc) is 2.81. The third-order valence-corrected chi connectivity index (χ3v) is 5.24. The van der Waals surface area contributed by atoms with Gasteiger partial charge in [0.05, 0.1) is 13.2 Å². The van der Waals surface area contributed by atoms with Crippen LogP contribution < -0.4 is 15.0 Å². The number of aliphatic imine (C=N–C) groups is 1. The lowest BCUT2D eigenvalue weighted by Crippen LogP contribution is -2.52. The van der Waals surface area contributed by atoms with Crippen molar-refractivity contribution in [2.24, 2.45) is 4.99 Å². The van der Waals surface area contributed by atoms with E-state index in [1.165, 1.54) is 5.56 Å². The molecule has 176 valence electrons. The monoisotopic (exact) mass is 552 g/mol. The van der Waals surface area contributed by atoms with E-state index in [4.69, 9.17) is 9.73 Å². The van der Waals surface area contributed by atoms with Gasteiger partial charge in [-0.1, -0.05) is 18.2 Å². The minimum atomic E-state index is 0. The molecule has 0 spiro atoms. The summed E-state index contributed by atoms with van der Waals surface area (Å²) in [6.45, 7) is 9.17. The van der Waals surface area contributed by atoms with Crippen LogP contribution in [0.4, 0.5) is 5.82 Å². The molecule has 0 aliphatic carbocycles. The van der Waals surface area contributed by atoms with Gasteiger partial charge in [-0.25, -0.2) is 9.98 Å². The molecule has 1 aliphatic heterocycles. The number of hydrogen-bond donors (Lipinski definition) is 1. The molecular formula is C24H37IN6O. The van der Waals surface area contributed by atoms with Crippen molar-refractivity contribution in [3.05, 3.63) is 54.2 Å². The van der Waals surface area contributed by atoms with Gasteiger partial charge in [-0.2, -0.15) is 0 Å². The lowest BCUT2D eigenvalue weighted by atomic mass is 10.2. The van der Waals surface area contributed by atoms with E-state index < -0.39 is 0 Å². The number of anilines is 1. The molecule has 8 heteroatoms. The highest BCUT2D eigenvalue weighted by atomic mass is 127. The highest BCUT2D eigenvalue weighted by molar-refractivity contribution is 14.0. The Morgan fingerprint density at radius 2 is 1.84 bits per heavy atom. The minimum absolute atomic E-state index is 0. The van der Waals surface area contributed by atoms with Crippen molar-refractivity contribution >= 4 is 35.8 Å². The number of nitrogens with one attached hydrogen (secondary N) is 1. The molecule has 1 saturated heterocycles. The van der Waals surface area contributed by atoms with E-state index in [0.717, 1.165) is 69.8 Å². The Hall–Kier alpha value is -2.07. The van der Waals surface area contributed by atoms with Crippen LogP contribution in [0.15, 0.2) is 53.7 Å². The van der Waals surface area contributed by atoms with E-state index in [-0.39, 0.29) is 24.0 Å². The summed E-state index contributed by atoms with van der Waals surface area (Å²) in [5.74, 6) is 2.95. The first-order valence-electron chi connectivity index (χ1n) is 11.2. The predicted molar refractivity (Wildman–Crippen MR) is 143 cm³/mol. The van der Waals surface area contributed by atoms with Crippen molar-refractivity contribution < 1.29 is 4.74 Å². The quantitative estimate of drug-likeness (QED) is 0.223. The fraction of sp³-hybridized carbons (Fsp3) is 0.500. The molecule has 0 amide bonds. The molecule has 1 fully saturated rings. The van der Waals surface area contributed by atoms with Crippen LogP contribution >= 0.6 is 24.0 Å². The number of guanidine groups is 1. The SMILES string of the molecule is CCNC(=NCc1ccc(OCCCN(C)C)cc1)N1CCN(c2ccccn2)CC1.I. The zero-order chi connectivity index (χ0) is 21.9. The lowest BCUT2D eigenvalue weighted by molar-refractivity contribution is 0.281. The summed E-state index contributed by atoms with van der Waals surface area (Å²) >= 11 is 0. The molecular weight excluding hydrogens is 515 g/mol. The summed E-state index contributed by atoms with van der Waals surface area (Å²) in [6.07, 6.45) is 2.88. The van der Waals surface area contributed by atoms with Gasteiger partial charge in [-0.05, 0) is 57.3 Å². The minimum Gasteiger partial charge on any atom is -0.494 e. The van der Waals surface area contributed by atoms with Gasteiger partial charge < -0.3 is 24.8 Å². The van der Waals surface area contributed by atoms with E-state index in [0.29, 0.717) is 6.54 Å². The van der Waals surface area contributed by atoms with Crippen LogP contribution in [-0.4, -0.2) is 80.7 Å². The molecule has 2 aromatic rings. The summed E-state index contributed by atoms with van der Waals surface area (Å²) in [4.78, 5) is 16.2. The highest BCUT2D eigenvalue weighted by Gasteiger charge is 2.20. The Morgan fingerprint density at radius 1 is 1.09 bits per heavy atom. The van der Waals surface area contributed by atoms with Crippen LogP contribution in [0.2, 0.25) is 0 Å². The van der Waals surface area contributed by atoms with Crippen LogP contribution in [0, 0.1) is 0 Å². The average molecular weight is 553 g/mol. The molecule has 1 aromatic heterocycles. The van der Waals surface area contributed by atoms with Crippen LogP contribution in [-0.2, 0) is 6.54 Å². The number of aromatic nitrogens is 1. The molecule has 1 aliphatic rings. The third-order valence-electron chi connectivity index (χ3n) is 5.24. The van der Waals surface area contributed by atoms with E-state index in [9.17, 15) is 0 Å². The number of piperazine rings is 1. The van der Waals surface area contributed by atoms with E-state index in [2.05, 4.69) is 64.2 Å². The van der Waals surface area contributed by atoms with E-state index >= 15 is 0 Å². The maximum absolute atomic E-state index is 5.82. The van der Waals surface area contributed by atoms with Gasteiger partial charge in [-0.3, -0.25) is 0 Å². The smallest absolute Gasteiger partial charge is 0.194 e. The second kappa shape index (κ2) is 14.2. The van der Waals surface area contributed by atoms with Crippen molar-refractivity contribution in [2.75, 3.05) is 64.9 Å². The molecule has 0 atom stereocenters. The first-order chi connectivity index (χ1) is 15.2. The first kappa shape index (κ1) is 26.2. The zero-order valence-corrected chi connectivity index (χ0v) is 21.9. The number of halogens is 1. The van der Waals surface area contributed by atoms with Gasteiger partial charge >= 0.3 is 0 Å². The number of ether oxygens (including phenoxy) is 1. The Kier molecular flexibility index (Phi) is 11.6. The number of hydrogen-bond acceptors (Lipinski definition) is 5. The standard InChI is InChI=1S/C24H36N6O.HI/c1-4-25-24(30-17-15-29(16-18-30)23-8-5-6-13-26-23)27-20-21-9-11-22(12-10-21)31-19-7-14-28(2)3;/h5-6,8-13H,4,7,14-20H2,1-3H3,(H,25,27);1H.